The molecular weight excluding hydrogens is 572 g/mol. The molecule has 1 aliphatic heterocycles. The summed E-state index contributed by atoms with van der Waals surface area (Å²) >= 11 is 13.6. The van der Waals surface area contributed by atoms with Crippen molar-refractivity contribution in [2.45, 2.75) is 0 Å². The maximum atomic E-state index is 12.7. The second kappa shape index (κ2) is 10.4. The number of para-hydroxylation sites is 1. The van der Waals surface area contributed by atoms with Crippen molar-refractivity contribution in [3.8, 4) is 18.1 Å². The molecule has 2 aromatic carbocycles. The minimum atomic E-state index is -0.552. The number of hydrogen-bond donors (Lipinski definition) is 1. The number of thioether (sulfide) groups is 1. The Hall–Kier alpha value is -2.25. The van der Waals surface area contributed by atoms with Gasteiger partial charge in [0.15, 0.2) is 0 Å². The topological polar surface area (TPSA) is 75.7 Å². The Balaban J connectivity index is 1.74. The van der Waals surface area contributed by atoms with Crippen molar-refractivity contribution < 1.29 is 19.1 Å². The molecule has 0 radical (unpaired) electrons. The number of imide groups is 1. The lowest BCUT2D eigenvalue weighted by Gasteiger charge is -2.13. The molecule has 0 spiro atoms. The van der Waals surface area contributed by atoms with Crippen molar-refractivity contribution in [3.05, 3.63) is 60.8 Å². The molecule has 0 aliphatic carbocycles. The molecule has 31 heavy (non-hydrogen) atoms. The van der Waals surface area contributed by atoms with Crippen molar-refractivity contribution in [2.75, 3.05) is 18.5 Å². The number of anilines is 1. The number of hydrogen-bond acceptors (Lipinski definition) is 5. The van der Waals surface area contributed by atoms with Crippen LogP contribution < -0.4 is 10.1 Å². The number of nitrogens with one attached hydrogen (secondary N) is 1. The predicted octanol–water partition coefficient (Wildman–Crippen LogP) is 5.55. The van der Waals surface area contributed by atoms with Crippen LogP contribution in [0.1, 0.15) is 5.56 Å². The fourth-order valence-corrected chi connectivity index (χ4v) is 5.07. The third-order valence-electron chi connectivity index (χ3n) is 3.94. The molecule has 0 bridgehead atoms. The molecule has 0 unspecified atom stereocenters. The van der Waals surface area contributed by atoms with Crippen LogP contribution in [0.3, 0.4) is 0 Å². The van der Waals surface area contributed by atoms with Gasteiger partial charge in [0.05, 0.1) is 24.6 Å². The summed E-state index contributed by atoms with van der Waals surface area (Å²) < 4.78 is 6.71. The van der Waals surface area contributed by atoms with E-state index >= 15 is 0 Å². The summed E-state index contributed by atoms with van der Waals surface area (Å²) in [5.41, 5.74) is 1.05. The normalized spacial score (nSPS) is 14.6. The van der Waals surface area contributed by atoms with Gasteiger partial charge < -0.3 is 10.1 Å². The molecule has 1 aliphatic rings. The average molecular weight is 585 g/mol. The lowest BCUT2D eigenvalue weighted by Crippen LogP contribution is -2.36. The summed E-state index contributed by atoms with van der Waals surface area (Å²) in [4.78, 5) is 38.4. The highest BCUT2D eigenvalue weighted by atomic mass is 79.9. The van der Waals surface area contributed by atoms with E-state index in [0.717, 1.165) is 16.7 Å². The van der Waals surface area contributed by atoms with E-state index in [-0.39, 0.29) is 11.5 Å². The number of nitrogens with zero attached hydrogens (tertiary/aromatic N) is 1. The molecule has 3 amide bonds. The Kier molecular flexibility index (Phi) is 7.84. The predicted molar refractivity (Wildman–Crippen MR) is 129 cm³/mol. The lowest BCUT2D eigenvalue weighted by atomic mass is 10.2. The van der Waals surface area contributed by atoms with Gasteiger partial charge in [0, 0.05) is 0 Å². The molecular formula is C21H13Br2ClN2O4S. The fourth-order valence-electron chi connectivity index (χ4n) is 2.60. The van der Waals surface area contributed by atoms with Crippen LogP contribution in [0, 0.1) is 12.3 Å². The minimum Gasteiger partial charge on any atom is -0.479 e. The second-order valence-corrected chi connectivity index (χ2v) is 9.21. The smallest absolute Gasteiger partial charge is 0.294 e. The lowest BCUT2D eigenvalue weighted by molar-refractivity contribution is -0.127. The molecule has 0 saturated carbocycles. The quantitative estimate of drug-likeness (QED) is 0.356. The van der Waals surface area contributed by atoms with E-state index in [2.05, 4.69) is 43.1 Å². The maximum Gasteiger partial charge on any atom is 0.294 e. The zero-order valence-electron chi connectivity index (χ0n) is 15.7. The zero-order valence-corrected chi connectivity index (χ0v) is 20.4. The van der Waals surface area contributed by atoms with E-state index in [9.17, 15) is 14.4 Å². The zero-order chi connectivity index (χ0) is 22.5. The number of carbonyl (C=O) groups is 3. The fraction of sp³-hybridized carbons (Fsp3) is 0.0952. The summed E-state index contributed by atoms with van der Waals surface area (Å²) in [7, 11) is 0. The van der Waals surface area contributed by atoms with Crippen LogP contribution in [0.25, 0.3) is 6.08 Å². The van der Waals surface area contributed by atoms with Gasteiger partial charge in [-0.2, -0.15) is 0 Å². The van der Waals surface area contributed by atoms with Crippen molar-refractivity contribution in [3.63, 3.8) is 0 Å². The van der Waals surface area contributed by atoms with Crippen LogP contribution in [0.2, 0.25) is 5.02 Å². The summed E-state index contributed by atoms with van der Waals surface area (Å²) in [5.74, 6) is 1.83. The molecule has 10 heteroatoms. The molecule has 0 atom stereocenters. The largest absolute Gasteiger partial charge is 0.479 e. The number of benzene rings is 2. The van der Waals surface area contributed by atoms with Gasteiger partial charge in [-0.1, -0.05) is 29.7 Å². The number of terminal acetylenes is 1. The van der Waals surface area contributed by atoms with E-state index in [1.165, 1.54) is 0 Å². The van der Waals surface area contributed by atoms with Crippen LogP contribution in [0.5, 0.6) is 5.75 Å². The highest BCUT2D eigenvalue weighted by Crippen LogP contribution is 2.37. The molecule has 1 saturated heterocycles. The molecule has 6 nitrogen and oxygen atoms in total. The van der Waals surface area contributed by atoms with E-state index in [1.54, 1.807) is 42.5 Å². The molecule has 1 N–H and O–H groups in total. The number of halogens is 3. The Morgan fingerprint density at radius 2 is 1.94 bits per heavy atom. The first-order chi connectivity index (χ1) is 14.8. The third-order valence-corrected chi connectivity index (χ3v) is 6.36. The summed E-state index contributed by atoms with van der Waals surface area (Å²) in [5, 5.41) is 2.42. The first-order valence-corrected chi connectivity index (χ1v) is 11.4. The van der Waals surface area contributed by atoms with Gasteiger partial charge in [-0.3, -0.25) is 19.3 Å². The third kappa shape index (κ3) is 5.71. The van der Waals surface area contributed by atoms with Gasteiger partial charge in [-0.05, 0) is 79.5 Å². The minimum absolute atomic E-state index is 0.103. The molecule has 158 valence electrons. The first-order valence-electron chi connectivity index (χ1n) is 8.65. The van der Waals surface area contributed by atoms with Gasteiger partial charge >= 0.3 is 0 Å². The standard InChI is InChI=1S/C21H13Br2ClN2O4S/c1-2-7-30-19-13(22)8-12(9-14(19)23)10-17-20(28)26(21(29)31-17)11-18(27)25-16-6-4-3-5-15(16)24/h1,3-6,8-10H,7,11H2,(H,25,27)/b17-10+. The SMILES string of the molecule is C#CCOc1c(Br)cc(/C=C2/SC(=O)N(CC(=O)Nc3ccccc3Cl)C2=O)cc1Br. The van der Waals surface area contributed by atoms with Crippen molar-refractivity contribution in [1.29, 1.82) is 0 Å². The van der Waals surface area contributed by atoms with Crippen LogP contribution in [0.15, 0.2) is 50.2 Å². The summed E-state index contributed by atoms with van der Waals surface area (Å²) in [6.45, 7) is -0.314. The average Bonchev–Trinajstić information content (AvgIpc) is 2.96. The maximum absolute atomic E-state index is 12.7. The monoisotopic (exact) mass is 582 g/mol. The number of carbonyl (C=O) groups excluding carboxylic acids is 3. The van der Waals surface area contributed by atoms with Crippen LogP contribution in [-0.4, -0.2) is 35.1 Å². The van der Waals surface area contributed by atoms with Gasteiger partial charge in [-0.15, -0.1) is 6.42 Å². The molecule has 1 heterocycles. The number of ether oxygens (including phenoxy) is 1. The van der Waals surface area contributed by atoms with Crippen LogP contribution >= 0.6 is 55.2 Å². The summed E-state index contributed by atoms with van der Waals surface area (Å²) in [6.07, 6.45) is 6.78. The van der Waals surface area contributed by atoms with E-state index in [4.69, 9.17) is 22.8 Å². The number of amides is 3. The van der Waals surface area contributed by atoms with Crippen LogP contribution in [0.4, 0.5) is 10.5 Å². The molecule has 1 fully saturated rings. The highest BCUT2D eigenvalue weighted by Gasteiger charge is 2.36. The van der Waals surface area contributed by atoms with Crippen molar-refractivity contribution >= 4 is 84.0 Å². The Morgan fingerprint density at radius 3 is 2.58 bits per heavy atom. The molecule has 0 aromatic heterocycles. The van der Waals surface area contributed by atoms with Crippen molar-refractivity contribution in [2.24, 2.45) is 0 Å². The van der Waals surface area contributed by atoms with Crippen LogP contribution in [-0.2, 0) is 9.59 Å². The molecule has 3 rings (SSSR count). The Morgan fingerprint density at radius 1 is 1.26 bits per heavy atom. The number of rotatable bonds is 6. The van der Waals surface area contributed by atoms with Gasteiger partial charge in [-0.25, -0.2) is 0 Å². The summed E-state index contributed by atoms with van der Waals surface area (Å²) in [6, 6.07) is 10.1. The van der Waals surface area contributed by atoms with Gasteiger partial charge in [0.2, 0.25) is 5.91 Å². The Bertz CT molecular complexity index is 1120. The van der Waals surface area contributed by atoms with E-state index in [1.807, 2.05) is 0 Å². The molecule has 2 aromatic rings. The Labute approximate surface area is 204 Å². The van der Waals surface area contributed by atoms with Gasteiger partial charge in [0.25, 0.3) is 11.1 Å². The first kappa shape index (κ1) is 23.4. The van der Waals surface area contributed by atoms with E-state index in [0.29, 0.717) is 31.0 Å². The van der Waals surface area contributed by atoms with Gasteiger partial charge in [0.1, 0.15) is 18.9 Å². The second-order valence-electron chi connectivity index (χ2n) is 6.10. The van der Waals surface area contributed by atoms with E-state index < -0.39 is 23.6 Å². The van der Waals surface area contributed by atoms with Crippen molar-refractivity contribution in [1.82, 2.24) is 4.90 Å². The highest BCUT2D eigenvalue weighted by molar-refractivity contribution is 9.11.